The number of nitrogens with zero attached hydrogens (tertiary/aromatic N) is 2. The van der Waals surface area contributed by atoms with Crippen LogP contribution in [0.3, 0.4) is 0 Å². The van der Waals surface area contributed by atoms with Crippen LogP contribution in [0.5, 0.6) is 5.75 Å². The minimum atomic E-state index is -1.10. The predicted molar refractivity (Wildman–Crippen MR) is 94.5 cm³/mol. The highest BCUT2D eigenvalue weighted by Gasteiger charge is 2.30. The Hall–Kier alpha value is -3.03. The van der Waals surface area contributed by atoms with E-state index in [0.29, 0.717) is 30.2 Å². The van der Waals surface area contributed by atoms with E-state index in [1.165, 1.54) is 6.92 Å². The fraction of sp³-hybridized carbons (Fsp3) is 0.389. The zero-order valence-corrected chi connectivity index (χ0v) is 14.7. The number of rotatable bonds is 5. The summed E-state index contributed by atoms with van der Waals surface area (Å²) in [5.41, 5.74) is 0.635. The van der Waals surface area contributed by atoms with Crippen LogP contribution in [0.4, 0.5) is 5.82 Å². The number of aromatic carboxylic acids is 1. The summed E-state index contributed by atoms with van der Waals surface area (Å²) in [6.45, 7) is 2.62. The van der Waals surface area contributed by atoms with Crippen LogP contribution in [0.15, 0.2) is 28.8 Å². The van der Waals surface area contributed by atoms with Crippen molar-refractivity contribution in [2.75, 3.05) is 25.1 Å². The van der Waals surface area contributed by atoms with Crippen molar-refractivity contribution < 1.29 is 24.0 Å². The number of hydrogen-bond donors (Lipinski definition) is 2. The summed E-state index contributed by atoms with van der Waals surface area (Å²) < 4.78 is 10.5. The third-order valence-electron chi connectivity index (χ3n) is 4.37. The molecule has 3 rings (SSSR count). The molecular formula is C18H21N3O5. The Kier molecular flexibility index (Phi) is 5.11. The van der Waals surface area contributed by atoms with E-state index in [1.807, 2.05) is 4.90 Å². The first-order valence-corrected chi connectivity index (χ1v) is 8.39. The molecule has 0 saturated carbocycles. The Morgan fingerprint density at radius 3 is 2.69 bits per heavy atom. The van der Waals surface area contributed by atoms with Gasteiger partial charge in [-0.1, -0.05) is 5.16 Å². The van der Waals surface area contributed by atoms with Crippen LogP contribution in [0.25, 0.3) is 11.3 Å². The van der Waals surface area contributed by atoms with E-state index >= 15 is 0 Å². The maximum absolute atomic E-state index is 11.9. The van der Waals surface area contributed by atoms with Gasteiger partial charge in [0.05, 0.1) is 7.11 Å². The molecule has 1 aromatic heterocycles. The molecule has 1 aliphatic heterocycles. The number of carboxylic acids is 1. The van der Waals surface area contributed by atoms with E-state index in [4.69, 9.17) is 9.26 Å². The van der Waals surface area contributed by atoms with Crippen LogP contribution >= 0.6 is 0 Å². The molecule has 1 saturated heterocycles. The number of methoxy groups -OCH3 is 1. The lowest BCUT2D eigenvalue weighted by Gasteiger charge is -2.33. The van der Waals surface area contributed by atoms with Crippen molar-refractivity contribution in [1.29, 1.82) is 0 Å². The van der Waals surface area contributed by atoms with Gasteiger partial charge in [-0.25, -0.2) is 4.79 Å². The summed E-state index contributed by atoms with van der Waals surface area (Å²) in [5, 5.41) is 16.6. The van der Waals surface area contributed by atoms with Gasteiger partial charge in [0.1, 0.15) is 5.75 Å². The largest absolute Gasteiger partial charge is 0.497 e. The number of amides is 1. The molecule has 1 amide bonds. The Balaban J connectivity index is 1.91. The Morgan fingerprint density at radius 1 is 1.35 bits per heavy atom. The SMILES string of the molecule is COc1ccc(-c2onc(N3CCCC(NC(C)=O)C3)c2C(=O)O)cc1. The van der Waals surface area contributed by atoms with E-state index in [1.54, 1.807) is 31.4 Å². The molecule has 8 heteroatoms. The number of carbonyl (C=O) groups excluding carboxylic acids is 1. The number of anilines is 1. The van der Waals surface area contributed by atoms with Crippen LogP contribution in [0.2, 0.25) is 0 Å². The Bertz CT molecular complexity index is 800. The maximum atomic E-state index is 11.9. The molecule has 1 fully saturated rings. The molecule has 1 aromatic carbocycles. The summed E-state index contributed by atoms with van der Waals surface area (Å²) in [7, 11) is 1.56. The van der Waals surface area contributed by atoms with Gasteiger partial charge in [0, 0.05) is 31.6 Å². The lowest BCUT2D eigenvalue weighted by molar-refractivity contribution is -0.119. The lowest BCUT2D eigenvalue weighted by Crippen LogP contribution is -2.47. The van der Waals surface area contributed by atoms with Gasteiger partial charge in [-0.2, -0.15) is 0 Å². The van der Waals surface area contributed by atoms with E-state index in [2.05, 4.69) is 10.5 Å². The Morgan fingerprint density at radius 2 is 2.08 bits per heavy atom. The summed E-state index contributed by atoms with van der Waals surface area (Å²) in [5.74, 6) is -0.0437. The second kappa shape index (κ2) is 7.47. The van der Waals surface area contributed by atoms with Crippen molar-refractivity contribution in [2.45, 2.75) is 25.8 Å². The number of carboxylic acid groups (broad SMARTS) is 1. The van der Waals surface area contributed by atoms with Gasteiger partial charge < -0.3 is 24.6 Å². The van der Waals surface area contributed by atoms with Gasteiger partial charge in [-0.05, 0) is 37.1 Å². The highest BCUT2D eigenvalue weighted by Crippen LogP contribution is 2.33. The molecule has 0 aliphatic carbocycles. The fourth-order valence-electron chi connectivity index (χ4n) is 3.20. The quantitative estimate of drug-likeness (QED) is 0.843. The van der Waals surface area contributed by atoms with Crippen molar-refractivity contribution in [3.63, 3.8) is 0 Å². The highest BCUT2D eigenvalue weighted by atomic mass is 16.5. The summed E-state index contributed by atoms with van der Waals surface area (Å²) >= 11 is 0. The first-order valence-electron chi connectivity index (χ1n) is 8.39. The van der Waals surface area contributed by atoms with Crippen molar-refractivity contribution in [3.05, 3.63) is 29.8 Å². The zero-order valence-electron chi connectivity index (χ0n) is 14.7. The fourth-order valence-corrected chi connectivity index (χ4v) is 3.20. The molecule has 0 bridgehead atoms. The van der Waals surface area contributed by atoms with Crippen LogP contribution in [-0.4, -0.2) is 48.4 Å². The maximum Gasteiger partial charge on any atom is 0.343 e. The minimum absolute atomic E-state index is 0.0265. The molecule has 1 aliphatic rings. The van der Waals surface area contributed by atoms with E-state index in [0.717, 1.165) is 12.8 Å². The lowest BCUT2D eigenvalue weighted by atomic mass is 10.0. The van der Waals surface area contributed by atoms with Crippen molar-refractivity contribution >= 4 is 17.7 Å². The Labute approximate surface area is 150 Å². The number of nitrogens with one attached hydrogen (secondary N) is 1. The highest BCUT2D eigenvalue weighted by molar-refractivity contribution is 5.99. The van der Waals surface area contributed by atoms with Crippen molar-refractivity contribution in [3.8, 4) is 17.1 Å². The van der Waals surface area contributed by atoms with Gasteiger partial charge in [0.15, 0.2) is 17.1 Å². The standard InChI is InChI=1S/C18H21N3O5/c1-11(22)19-13-4-3-9-21(10-13)17-15(18(23)24)16(26-20-17)12-5-7-14(25-2)8-6-12/h5-8,13H,3-4,9-10H2,1-2H3,(H,19,22)(H,23,24). The minimum Gasteiger partial charge on any atom is -0.497 e. The van der Waals surface area contributed by atoms with Gasteiger partial charge in [-0.3, -0.25) is 4.79 Å². The van der Waals surface area contributed by atoms with Crippen LogP contribution < -0.4 is 15.0 Å². The smallest absolute Gasteiger partial charge is 0.343 e. The molecule has 1 atom stereocenters. The number of benzene rings is 1. The predicted octanol–water partition coefficient (Wildman–Crippen LogP) is 2.15. The number of aromatic nitrogens is 1. The second-order valence-corrected chi connectivity index (χ2v) is 6.23. The van der Waals surface area contributed by atoms with Crippen molar-refractivity contribution in [1.82, 2.24) is 10.5 Å². The van der Waals surface area contributed by atoms with Gasteiger partial charge in [0.2, 0.25) is 5.91 Å². The third kappa shape index (κ3) is 3.63. The van der Waals surface area contributed by atoms with E-state index in [-0.39, 0.29) is 23.3 Å². The zero-order chi connectivity index (χ0) is 18.7. The van der Waals surface area contributed by atoms with E-state index < -0.39 is 5.97 Å². The molecule has 1 unspecified atom stereocenters. The second-order valence-electron chi connectivity index (χ2n) is 6.23. The molecule has 0 radical (unpaired) electrons. The third-order valence-corrected chi connectivity index (χ3v) is 4.37. The number of piperidine rings is 1. The van der Waals surface area contributed by atoms with Gasteiger partial charge in [-0.15, -0.1) is 0 Å². The number of carbonyl (C=O) groups is 2. The number of hydrogen-bond acceptors (Lipinski definition) is 6. The first kappa shape index (κ1) is 17.8. The normalized spacial score (nSPS) is 17.0. The van der Waals surface area contributed by atoms with Crippen LogP contribution in [0.1, 0.15) is 30.1 Å². The molecular weight excluding hydrogens is 338 g/mol. The summed E-state index contributed by atoms with van der Waals surface area (Å²) in [6, 6.07) is 6.88. The molecule has 26 heavy (non-hydrogen) atoms. The van der Waals surface area contributed by atoms with E-state index in [9.17, 15) is 14.7 Å². The summed E-state index contributed by atoms with van der Waals surface area (Å²) in [4.78, 5) is 25.0. The monoisotopic (exact) mass is 359 g/mol. The number of ether oxygens (including phenoxy) is 1. The average molecular weight is 359 g/mol. The molecule has 138 valence electrons. The molecule has 8 nitrogen and oxygen atoms in total. The molecule has 2 heterocycles. The summed E-state index contributed by atoms with van der Waals surface area (Å²) in [6.07, 6.45) is 1.68. The average Bonchev–Trinajstić information content (AvgIpc) is 3.07. The molecule has 2 aromatic rings. The van der Waals surface area contributed by atoms with Gasteiger partial charge in [0.25, 0.3) is 0 Å². The molecule has 2 N–H and O–H groups in total. The van der Waals surface area contributed by atoms with Gasteiger partial charge >= 0.3 is 5.97 Å². The van der Waals surface area contributed by atoms with Crippen LogP contribution in [-0.2, 0) is 4.79 Å². The topological polar surface area (TPSA) is 105 Å². The first-order chi connectivity index (χ1) is 12.5. The van der Waals surface area contributed by atoms with Crippen molar-refractivity contribution in [2.24, 2.45) is 0 Å². The molecule has 0 spiro atoms. The van der Waals surface area contributed by atoms with Crippen LogP contribution in [0, 0.1) is 0 Å².